The Kier molecular flexibility index (Phi) is 7.76. The molecule has 0 saturated carbocycles. The predicted octanol–water partition coefficient (Wildman–Crippen LogP) is 4.60. The van der Waals surface area contributed by atoms with Gasteiger partial charge in [-0.25, -0.2) is 4.98 Å². The Hall–Kier alpha value is -4.49. The Morgan fingerprint density at radius 3 is 2.61 bits per heavy atom. The minimum atomic E-state index is -3.16. The van der Waals surface area contributed by atoms with Gasteiger partial charge in [-0.2, -0.15) is 8.78 Å². The van der Waals surface area contributed by atoms with E-state index in [0.717, 1.165) is 9.88 Å². The molecule has 1 saturated heterocycles. The Bertz CT molecular complexity index is 1770. The van der Waals surface area contributed by atoms with Gasteiger partial charge in [0.25, 0.3) is 11.8 Å². The molecule has 3 atom stereocenters. The number of carbonyl (C=O) groups excluding carboxylic acids is 3. The topological polar surface area (TPSA) is 141 Å². The fraction of sp³-hybridized carbons (Fsp3) is 0.258. The van der Waals surface area contributed by atoms with Crippen molar-refractivity contribution in [3.63, 3.8) is 0 Å². The van der Waals surface area contributed by atoms with Crippen molar-refractivity contribution in [3.8, 4) is 11.1 Å². The summed E-state index contributed by atoms with van der Waals surface area (Å²) in [6.45, 7) is 1.70. The van der Waals surface area contributed by atoms with Crippen LogP contribution in [0.3, 0.4) is 0 Å². The van der Waals surface area contributed by atoms with Gasteiger partial charge in [-0.3, -0.25) is 19.8 Å². The van der Waals surface area contributed by atoms with Crippen LogP contribution in [0.5, 0.6) is 0 Å². The molecule has 2 aliphatic rings. The molecule has 4 aromatic rings. The molecule has 226 valence electrons. The Balaban J connectivity index is 1.16. The molecule has 2 aromatic carbocycles. The van der Waals surface area contributed by atoms with E-state index in [-0.39, 0.29) is 59.0 Å². The third-order valence-electron chi connectivity index (χ3n) is 8.02. The van der Waals surface area contributed by atoms with Gasteiger partial charge in [-0.1, -0.05) is 30.3 Å². The van der Waals surface area contributed by atoms with Gasteiger partial charge in [0.05, 0.1) is 17.6 Å². The molecule has 1 aliphatic heterocycles. The summed E-state index contributed by atoms with van der Waals surface area (Å²) in [4.78, 5) is 46.7. The highest BCUT2D eigenvalue weighted by Crippen LogP contribution is 2.51. The fourth-order valence-corrected chi connectivity index (χ4v) is 7.42. The maximum absolute atomic E-state index is 14.9. The fourth-order valence-electron chi connectivity index (χ4n) is 5.76. The summed E-state index contributed by atoms with van der Waals surface area (Å²) in [6.07, 6.45) is 2.05. The van der Waals surface area contributed by atoms with E-state index in [2.05, 4.69) is 15.6 Å². The average molecular weight is 635 g/mol. The van der Waals surface area contributed by atoms with Crippen LogP contribution < -0.4 is 16.4 Å². The van der Waals surface area contributed by atoms with Gasteiger partial charge in [-0.05, 0) is 42.7 Å². The summed E-state index contributed by atoms with van der Waals surface area (Å²) < 4.78 is 29.9. The highest BCUT2D eigenvalue weighted by Gasteiger charge is 2.44. The third-order valence-corrected chi connectivity index (χ3v) is 10.1. The molecule has 1 fully saturated rings. The standard InChI is InChI=1S/C31H28F2N6O3S2/c1-16(25-12-19(15-44-25)27(34)35)38-29(42)24-11-18(30-36-8-9-43-30)14-39(24)26(40)13-37-28(41)17-6-7-23-21(10-17)20-4-2-3-5-22(20)31(23,32)33/h2-10,12,15-16,18,24H,11,13-14H2,1H3,(H3,34,35)(H,37,41)(H,38,42)/t16?,18-,24-/m0/s1. The van der Waals surface area contributed by atoms with Crippen LogP contribution >= 0.6 is 22.7 Å². The number of amides is 3. The molecule has 0 bridgehead atoms. The van der Waals surface area contributed by atoms with Crippen LogP contribution in [0.25, 0.3) is 11.1 Å². The molecule has 44 heavy (non-hydrogen) atoms. The molecule has 6 rings (SSSR count). The summed E-state index contributed by atoms with van der Waals surface area (Å²) in [5.74, 6) is -4.74. The first kappa shape index (κ1) is 29.6. The monoisotopic (exact) mass is 634 g/mol. The number of alkyl halides is 2. The smallest absolute Gasteiger partial charge is 0.299 e. The van der Waals surface area contributed by atoms with Crippen molar-refractivity contribution in [1.82, 2.24) is 20.5 Å². The van der Waals surface area contributed by atoms with Gasteiger partial charge < -0.3 is 21.3 Å². The molecule has 0 radical (unpaired) electrons. The zero-order valence-corrected chi connectivity index (χ0v) is 25.1. The van der Waals surface area contributed by atoms with E-state index >= 15 is 0 Å². The van der Waals surface area contributed by atoms with Crippen LogP contribution in [0.2, 0.25) is 0 Å². The molecule has 1 unspecified atom stereocenters. The number of carbonyl (C=O) groups is 3. The largest absolute Gasteiger partial charge is 0.384 e. The van der Waals surface area contributed by atoms with Crippen molar-refractivity contribution in [2.45, 2.75) is 37.3 Å². The van der Waals surface area contributed by atoms with Gasteiger partial charge in [0, 0.05) is 56.6 Å². The molecule has 2 aromatic heterocycles. The number of amidine groups is 1. The normalized spacial score (nSPS) is 18.8. The maximum Gasteiger partial charge on any atom is 0.299 e. The summed E-state index contributed by atoms with van der Waals surface area (Å²) in [6, 6.07) is 10.8. The predicted molar refractivity (Wildman–Crippen MR) is 164 cm³/mol. The third kappa shape index (κ3) is 5.37. The number of hydrogen-bond acceptors (Lipinski definition) is 7. The van der Waals surface area contributed by atoms with Crippen molar-refractivity contribution in [1.29, 1.82) is 5.41 Å². The number of benzene rings is 2. The van der Waals surface area contributed by atoms with Crippen LogP contribution in [0.4, 0.5) is 8.78 Å². The highest BCUT2D eigenvalue weighted by atomic mass is 32.1. The number of halogens is 2. The van der Waals surface area contributed by atoms with Crippen LogP contribution in [0.1, 0.15) is 62.2 Å². The van der Waals surface area contributed by atoms with Crippen molar-refractivity contribution >= 4 is 46.2 Å². The van der Waals surface area contributed by atoms with E-state index in [0.29, 0.717) is 17.5 Å². The summed E-state index contributed by atoms with van der Waals surface area (Å²) >= 11 is 2.83. The minimum Gasteiger partial charge on any atom is -0.384 e. The van der Waals surface area contributed by atoms with E-state index in [1.165, 1.54) is 51.8 Å². The van der Waals surface area contributed by atoms with Gasteiger partial charge in [0.2, 0.25) is 11.8 Å². The number of hydrogen-bond donors (Lipinski definition) is 4. The number of nitrogens with zero attached hydrogens (tertiary/aromatic N) is 2. The Labute approximate surface area is 259 Å². The first-order valence-corrected chi connectivity index (χ1v) is 15.6. The first-order valence-electron chi connectivity index (χ1n) is 13.9. The zero-order valence-electron chi connectivity index (χ0n) is 23.5. The molecule has 13 heteroatoms. The second-order valence-electron chi connectivity index (χ2n) is 10.8. The van der Waals surface area contributed by atoms with Crippen LogP contribution in [0.15, 0.2) is 65.5 Å². The molecular weight excluding hydrogens is 607 g/mol. The van der Waals surface area contributed by atoms with E-state index in [1.54, 1.807) is 35.8 Å². The quantitative estimate of drug-likeness (QED) is 0.166. The molecule has 1 aliphatic carbocycles. The van der Waals surface area contributed by atoms with Gasteiger partial charge in [0.15, 0.2) is 0 Å². The molecule has 3 heterocycles. The number of likely N-dealkylation sites (tertiary alicyclic amines) is 1. The lowest BCUT2D eigenvalue weighted by molar-refractivity contribution is -0.137. The number of thiazole rings is 1. The molecule has 9 nitrogen and oxygen atoms in total. The SMILES string of the molecule is CC(NC(=O)[C@@H]1C[C@H](c2nccs2)CN1C(=O)CNC(=O)c1ccc2c(c1)-c1ccccc1C2(F)F)c1cc(C(=N)N)cs1. The van der Waals surface area contributed by atoms with E-state index in [1.807, 2.05) is 12.3 Å². The zero-order chi connectivity index (χ0) is 31.2. The number of nitrogens with two attached hydrogens (primary N) is 1. The van der Waals surface area contributed by atoms with E-state index < -0.39 is 23.8 Å². The summed E-state index contributed by atoms with van der Waals surface area (Å²) in [5, 5.41) is 17.6. The molecular formula is C31H28F2N6O3S2. The van der Waals surface area contributed by atoms with Crippen molar-refractivity contribution in [2.75, 3.05) is 13.1 Å². The first-order chi connectivity index (χ1) is 21.0. The lowest BCUT2D eigenvalue weighted by Crippen LogP contribution is -2.49. The second kappa shape index (κ2) is 11.5. The summed E-state index contributed by atoms with van der Waals surface area (Å²) in [5.41, 5.74) is 6.67. The average Bonchev–Trinajstić information content (AvgIpc) is 3.82. The number of nitrogens with one attached hydrogen (secondary N) is 3. The number of thiophene rings is 1. The van der Waals surface area contributed by atoms with Crippen LogP contribution in [0, 0.1) is 5.41 Å². The van der Waals surface area contributed by atoms with E-state index in [4.69, 9.17) is 11.1 Å². The Morgan fingerprint density at radius 2 is 1.89 bits per heavy atom. The van der Waals surface area contributed by atoms with Crippen molar-refractivity contribution < 1.29 is 23.2 Å². The number of rotatable bonds is 8. The Morgan fingerprint density at radius 1 is 1.11 bits per heavy atom. The minimum absolute atomic E-state index is 0.0606. The van der Waals surface area contributed by atoms with Gasteiger partial charge in [-0.15, -0.1) is 22.7 Å². The van der Waals surface area contributed by atoms with Crippen LogP contribution in [-0.2, 0) is 15.5 Å². The number of aromatic nitrogens is 1. The molecule has 5 N–H and O–H groups in total. The van der Waals surface area contributed by atoms with Crippen LogP contribution in [-0.4, -0.2) is 52.6 Å². The molecule has 0 spiro atoms. The number of fused-ring (bicyclic) bond motifs is 3. The number of nitrogen functional groups attached to an aromatic ring is 1. The summed E-state index contributed by atoms with van der Waals surface area (Å²) in [7, 11) is 0. The molecule has 3 amide bonds. The van der Waals surface area contributed by atoms with Gasteiger partial charge >= 0.3 is 0 Å². The maximum atomic E-state index is 14.9. The van der Waals surface area contributed by atoms with Crippen molar-refractivity contribution in [2.24, 2.45) is 5.73 Å². The lowest BCUT2D eigenvalue weighted by atomic mass is 10.0. The van der Waals surface area contributed by atoms with Gasteiger partial charge in [0.1, 0.15) is 11.9 Å². The van der Waals surface area contributed by atoms with E-state index in [9.17, 15) is 23.2 Å². The lowest BCUT2D eigenvalue weighted by Gasteiger charge is -2.25. The van der Waals surface area contributed by atoms with Crippen molar-refractivity contribution in [3.05, 3.63) is 97.6 Å². The highest BCUT2D eigenvalue weighted by molar-refractivity contribution is 7.10. The second-order valence-corrected chi connectivity index (χ2v) is 12.7.